The number of hydrogen-bond donors (Lipinski definition) is 8. The minimum Gasteiger partial charge on any atom is -0.475 e. The van der Waals surface area contributed by atoms with Crippen molar-refractivity contribution in [3.63, 3.8) is 0 Å². The summed E-state index contributed by atoms with van der Waals surface area (Å²) in [7, 11) is 0. The molecule has 0 bridgehead atoms. The number of aliphatic carboxylic acids is 2. The highest BCUT2D eigenvalue weighted by atomic mass is 19.4. The summed E-state index contributed by atoms with van der Waals surface area (Å²) in [6, 6.07) is 33.2. The average Bonchev–Trinajstić information content (AvgIpc) is 4.04. The summed E-state index contributed by atoms with van der Waals surface area (Å²) in [4.78, 5) is 72.5. The smallest absolute Gasteiger partial charge is 0.475 e. The maximum Gasteiger partial charge on any atom is 0.490 e. The van der Waals surface area contributed by atoms with Crippen molar-refractivity contribution in [2.24, 2.45) is 11.5 Å². The first-order valence-corrected chi connectivity index (χ1v) is 22.0. The summed E-state index contributed by atoms with van der Waals surface area (Å²) >= 11 is 0. The predicted octanol–water partition coefficient (Wildman–Crippen LogP) is 5.77. The number of likely N-dealkylation sites (tertiary alicyclic amines) is 2. The van der Waals surface area contributed by atoms with Gasteiger partial charge in [-0.1, -0.05) is 84.9 Å². The molecule has 2 heterocycles. The first kappa shape index (κ1) is 57.1. The van der Waals surface area contributed by atoms with Gasteiger partial charge in [0, 0.05) is 50.6 Å². The van der Waals surface area contributed by atoms with Gasteiger partial charge < -0.3 is 52.7 Å². The molecular formula is C48H58F6N8O8. The van der Waals surface area contributed by atoms with Crippen molar-refractivity contribution >= 4 is 46.9 Å². The Labute approximate surface area is 400 Å². The summed E-state index contributed by atoms with van der Waals surface area (Å²) in [5, 5.41) is 26.6. The fourth-order valence-corrected chi connectivity index (χ4v) is 7.25. The highest BCUT2D eigenvalue weighted by Gasteiger charge is 2.40. The van der Waals surface area contributed by atoms with Crippen molar-refractivity contribution in [3.05, 3.63) is 131 Å². The first-order chi connectivity index (χ1) is 33.1. The van der Waals surface area contributed by atoms with Crippen LogP contribution < -0.4 is 32.7 Å². The molecule has 70 heavy (non-hydrogen) atoms. The lowest BCUT2D eigenvalue weighted by Crippen LogP contribution is -2.50. The Bertz CT molecular complexity index is 2160. The molecule has 2 saturated heterocycles. The third-order valence-electron chi connectivity index (χ3n) is 10.8. The Hall–Kier alpha value is -7.20. The van der Waals surface area contributed by atoms with Crippen LogP contribution in [0.2, 0.25) is 0 Å². The Morgan fingerprint density at radius 2 is 0.829 bits per heavy atom. The quantitative estimate of drug-likeness (QED) is 0.0702. The molecule has 10 N–H and O–H groups in total. The minimum atomic E-state index is -5.08. The van der Waals surface area contributed by atoms with Crippen molar-refractivity contribution in [3.8, 4) is 0 Å². The van der Waals surface area contributed by atoms with Gasteiger partial charge in [0.25, 0.3) is 0 Å². The fourth-order valence-electron chi connectivity index (χ4n) is 7.25. The lowest BCUT2D eigenvalue weighted by molar-refractivity contribution is -0.193. The van der Waals surface area contributed by atoms with E-state index in [0.717, 1.165) is 46.5 Å². The number of anilines is 2. The van der Waals surface area contributed by atoms with Gasteiger partial charge in [-0.05, 0) is 86.1 Å². The number of benzene rings is 4. The van der Waals surface area contributed by atoms with Gasteiger partial charge in [0.2, 0.25) is 23.6 Å². The number of carboxylic acid groups (broad SMARTS) is 2. The molecule has 4 amide bonds. The second-order valence-corrected chi connectivity index (χ2v) is 15.8. The van der Waals surface area contributed by atoms with Crippen LogP contribution in [0, 0.1) is 0 Å². The zero-order valence-corrected chi connectivity index (χ0v) is 38.4. The second kappa shape index (κ2) is 27.7. The molecule has 380 valence electrons. The van der Waals surface area contributed by atoms with Crippen LogP contribution in [0.15, 0.2) is 109 Å². The Morgan fingerprint density at radius 1 is 0.543 bits per heavy atom. The van der Waals surface area contributed by atoms with Gasteiger partial charge in [0.05, 0.1) is 0 Å². The molecule has 6 rings (SSSR count). The maximum atomic E-state index is 12.9. The maximum absolute atomic E-state index is 12.9. The topological polar surface area (TPSA) is 250 Å². The normalized spacial score (nSPS) is 16.0. The molecule has 16 nitrogen and oxygen atoms in total. The number of halogens is 6. The number of para-hydroxylation sites is 2. The highest BCUT2D eigenvalue weighted by molar-refractivity contribution is 5.92. The summed E-state index contributed by atoms with van der Waals surface area (Å²) in [5.41, 5.74) is 17.4. The van der Waals surface area contributed by atoms with Gasteiger partial charge in [0.1, 0.15) is 24.2 Å². The molecule has 4 aromatic carbocycles. The molecule has 2 fully saturated rings. The number of nitrogens with two attached hydrogens (primary N) is 2. The van der Waals surface area contributed by atoms with E-state index in [4.69, 9.17) is 31.3 Å². The van der Waals surface area contributed by atoms with Gasteiger partial charge in [-0.3, -0.25) is 19.2 Å². The number of amides is 4. The zero-order chi connectivity index (χ0) is 52.0. The molecule has 0 aliphatic carbocycles. The SMILES string of the molecule is C[C@@H](Nc1ccccc1)C(=O)N1CCC[C@H]1C(=O)NCc1ccccc1CN.C[C@@H](Nc1ccccc1)C(=O)N1CCC[C@H]1C(=O)NCc1ccccc1CN.O=C(O)C(F)(F)F.O=C(O)C(F)(F)F. The number of carbonyl (C=O) groups excluding carboxylic acids is 4. The molecule has 0 radical (unpaired) electrons. The number of hydrogen-bond acceptors (Lipinski definition) is 10. The van der Waals surface area contributed by atoms with E-state index < -0.39 is 48.5 Å². The number of carbonyl (C=O) groups is 6. The third kappa shape index (κ3) is 18.4. The van der Waals surface area contributed by atoms with Crippen molar-refractivity contribution in [1.29, 1.82) is 0 Å². The number of nitrogens with one attached hydrogen (secondary N) is 4. The molecule has 4 aromatic rings. The van der Waals surface area contributed by atoms with Gasteiger partial charge in [-0.25, -0.2) is 9.59 Å². The Balaban J connectivity index is 0.000000291. The van der Waals surface area contributed by atoms with Crippen molar-refractivity contribution in [2.75, 3.05) is 23.7 Å². The second-order valence-electron chi connectivity index (χ2n) is 15.8. The van der Waals surface area contributed by atoms with Crippen molar-refractivity contribution in [2.45, 2.75) is 102 Å². The Kier molecular flexibility index (Phi) is 22.6. The average molecular weight is 989 g/mol. The van der Waals surface area contributed by atoms with Crippen LogP contribution in [0.25, 0.3) is 0 Å². The first-order valence-electron chi connectivity index (χ1n) is 22.0. The number of rotatable bonds is 14. The lowest BCUT2D eigenvalue weighted by Gasteiger charge is -2.27. The van der Waals surface area contributed by atoms with E-state index >= 15 is 0 Å². The number of nitrogens with zero attached hydrogens (tertiary/aromatic N) is 2. The van der Waals surface area contributed by atoms with Crippen molar-refractivity contribution < 1.29 is 65.3 Å². The molecule has 0 saturated carbocycles. The van der Waals surface area contributed by atoms with Gasteiger partial charge >= 0.3 is 24.3 Å². The van der Waals surface area contributed by atoms with Crippen LogP contribution in [0.1, 0.15) is 61.8 Å². The van der Waals surface area contributed by atoms with E-state index in [1.165, 1.54) is 0 Å². The van der Waals surface area contributed by atoms with Crippen LogP contribution >= 0.6 is 0 Å². The third-order valence-corrected chi connectivity index (χ3v) is 10.8. The van der Waals surface area contributed by atoms with E-state index in [9.17, 15) is 45.5 Å². The molecule has 0 spiro atoms. The number of carboxylic acids is 2. The van der Waals surface area contributed by atoms with Gasteiger partial charge in [-0.15, -0.1) is 0 Å². The number of alkyl halides is 6. The van der Waals surface area contributed by atoms with E-state index in [1.54, 1.807) is 9.80 Å². The zero-order valence-electron chi connectivity index (χ0n) is 38.4. The van der Waals surface area contributed by atoms with Gasteiger partial charge in [-0.2, -0.15) is 26.3 Å². The summed E-state index contributed by atoms with van der Waals surface area (Å²) in [6.07, 6.45) is -7.12. The van der Waals surface area contributed by atoms with E-state index in [1.807, 2.05) is 123 Å². The molecule has 4 atom stereocenters. The van der Waals surface area contributed by atoms with E-state index in [-0.39, 0.29) is 23.6 Å². The van der Waals surface area contributed by atoms with Gasteiger partial charge in [0.15, 0.2) is 0 Å². The van der Waals surface area contributed by atoms with Crippen LogP contribution in [0.4, 0.5) is 37.7 Å². The van der Waals surface area contributed by atoms with Crippen LogP contribution in [0.3, 0.4) is 0 Å². The molecule has 22 heteroatoms. The molecule has 2 aliphatic rings. The summed E-state index contributed by atoms with van der Waals surface area (Å²) in [6.45, 7) is 6.59. The molecular weight excluding hydrogens is 931 g/mol. The van der Waals surface area contributed by atoms with Crippen molar-refractivity contribution in [1.82, 2.24) is 20.4 Å². The minimum absolute atomic E-state index is 0.0520. The molecule has 0 aromatic heterocycles. The van der Waals surface area contributed by atoms with E-state index in [0.29, 0.717) is 52.1 Å². The Morgan fingerprint density at radius 3 is 1.11 bits per heavy atom. The monoisotopic (exact) mass is 988 g/mol. The van der Waals surface area contributed by atoms with Crippen LogP contribution in [-0.4, -0.2) is 105 Å². The van der Waals surface area contributed by atoms with Crippen LogP contribution in [-0.2, 0) is 54.9 Å². The summed E-state index contributed by atoms with van der Waals surface area (Å²) in [5.74, 6) is -5.83. The molecule has 0 unspecified atom stereocenters. The molecule has 2 aliphatic heterocycles. The standard InChI is InChI=1S/2C22H28N4O2.2C2HF3O2/c2*1-16(25-19-10-3-2-4-11-19)22(28)26-13-7-12-20(26)21(27)24-15-18-9-6-5-8-17(18)14-23;2*3-2(4,5)1(6)7/h2*2-6,8-11,16,20,25H,7,12-15,23H2,1H3,(H,24,27);2*(H,6,7)/t2*16-,20+;;/m11../s1. The van der Waals surface area contributed by atoms with E-state index in [2.05, 4.69) is 21.3 Å². The lowest BCUT2D eigenvalue weighted by atomic mass is 10.1. The largest absolute Gasteiger partial charge is 0.490 e. The highest BCUT2D eigenvalue weighted by Crippen LogP contribution is 2.22. The predicted molar refractivity (Wildman–Crippen MR) is 248 cm³/mol. The van der Waals surface area contributed by atoms with Crippen LogP contribution in [0.5, 0.6) is 0 Å². The fraction of sp³-hybridized carbons (Fsp3) is 0.375. The summed E-state index contributed by atoms with van der Waals surface area (Å²) < 4.78 is 63.5.